The molecule has 0 aromatic heterocycles. The number of carbonyl (C=O) groups excluding carboxylic acids is 2. The molecule has 0 spiro atoms. The molecule has 1 aromatic rings. The Morgan fingerprint density at radius 2 is 1.74 bits per heavy atom. The molecule has 2 aliphatic rings. The third kappa shape index (κ3) is 4.68. The summed E-state index contributed by atoms with van der Waals surface area (Å²) in [5, 5.41) is 3.01. The van der Waals surface area contributed by atoms with Crippen LogP contribution < -0.4 is 11.1 Å². The number of nitrogens with zero attached hydrogens (tertiary/aromatic N) is 2. The molecule has 3 rings (SSSR count). The van der Waals surface area contributed by atoms with Gasteiger partial charge in [-0.05, 0) is 43.9 Å². The smallest absolute Gasteiger partial charge is 0.242 e. The van der Waals surface area contributed by atoms with Crippen molar-refractivity contribution in [1.82, 2.24) is 9.80 Å². The van der Waals surface area contributed by atoms with Crippen molar-refractivity contribution in [2.24, 2.45) is 5.73 Å². The molecule has 1 saturated carbocycles. The number of carbonyl (C=O) groups is 2. The fraction of sp³-hybridized carbons (Fsp3) is 0.619. The highest BCUT2D eigenvalue weighted by Gasteiger charge is 2.39. The maximum Gasteiger partial charge on any atom is 0.242 e. The van der Waals surface area contributed by atoms with E-state index in [1.165, 1.54) is 12.0 Å². The average Bonchev–Trinajstić information content (AvgIpc) is 2.66. The number of hydrogen-bond donors (Lipinski definition) is 2. The van der Waals surface area contributed by atoms with Gasteiger partial charge in [0.1, 0.15) is 0 Å². The molecule has 1 aliphatic carbocycles. The van der Waals surface area contributed by atoms with Crippen LogP contribution in [0.4, 0.5) is 5.69 Å². The molecule has 0 atom stereocenters. The van der Waals surface area contributed by atoms with Gasteiger partial charge in [0.25, 0.3) is 0 Å². The molecule has 1 aromatic carbocycles. The van der Waals surface area contributed by atoms with Crippen LogP contribution in [0.2, 0.25) is 0 Å². The van der Waals surface area contributed by atoms with Gasteiger partial charge in [-0.25, -0.2) is 0 Å². The number of aryl methyl sites for hydroxylation is 1. The van der Waals surface area contributed by atoms with Gasteiger partial charge in [-0.15, -0.1) is 0 Å². The number of piperazine rings is 1. The number of anilines is 1. The summed E-state index contributed by atoms with van der Waals surface area (Å²) in [5.41, 5.74) is 8.86. The molecular formula is C21H32N4O2. The molecule has 0 bridgehead atoms. The molecule has 1 aliphatic heterocycles. The second kappa shape index (κ2) is 8.40. The number of benzene rings is 1. The quantitative estimate of drug-likeness (QED) is 0.848. The fourth-order valence-electron chi connectivity index (χ4n) is 4.10. The van der Waals surface area contributed by atoms with Crippen molar-refractivity contribution >= 4 is 17.5 Å². The van der Waals surface area contributed by atoms with E-state index in [-0.39, 0.29) is 11.8 Å². The average molecular weight is 373 g/mol. The zero-order chi connectivity index (χ0) is 19.4. The fourth-order valence-corrected chi connectivity index (χ4v) is 4.10. The molecule has 148 valence electrons. The Kier molecular flexibility index (Phi) is 6.17. The number of rotatable bonds is 4. The summed E-state index contributed by atoms with van der Waals surface area (Å²) in [5.74, 6) is 0.0905. The van der Waals surface area contributed by atoms with Crippen molar-refractivity contribution in [3.63, 3.8) is 0 Å². The van der Waals surface area contributed by atoms with Crippen LogP contribution in [0, 0.1) is 13.8 Å². The van der Waals surface area contributed by atoms with Gasteiger partial charge in [-0.1, -0.05) is 31.4 Å². The van der Waals surface area contributed by atoms with Crippen molar-refractivity contribution in [3.8, 4) is 0 Å². The first kappa shape index (κ1) is 19.8. The Balaban J connectivity index is 1.48. The lowest BCUT2D eigenvalue weighted by molar-refractivity contribution is -0.140. The number of nitrogens with one attached hydrogen (secondary N) is 1. The molecule has 27 heavy (non-hydrogen) atoms. The molecule has 1 saturated heterocycles. The van der Waals surface area contributed by atoms with Gasteiger partial charge in [0.15, 0.2) is 0 Å². The van der Waals surface area contributed by atoms with Gasteiger partial charge in [0.05, 0.1) is 12.1 Å². The third-order valence-corrected chi connectivity index (χ3v) is 6.08. The van der Waals surface area contributed by atoms with Crippen molar-refractivity contribution in [1.29, 1.82) is 0 Å². The van der Waals surface area contributed by atoms with Crippen molar-refractivity contribution < 1.29 is 9.59 Å². The van der Waals surface area contributed by atoms with Crippen LogP contribution in [0.3, 0.4) is 0 Å². The van der Waals surface area contributed by atoms with E-state index < -0.39 is 5.54 Å². The summed E-state index contributed by atoms with van der Waals surface area (Å²) in [6.07, 6.45) is 4.85. The van der Waals surface area contributed by atoms with Crippen LogP contribution in [0.15, 0.2) is 18.2 Å². The summed E-state index contributed by atoms with van der Waals surface area (Å²) in [6.45, 7) is 7.12. The van der Waals surface area contributed by atoms with Crippen LogP contribution >= 0.6 is 0 Å². The van der Waals surface area contributed by atoms with Gasteiger partial charge in [0, 0.05) is 31.9 Å². The predicted octanol–water partition coefficient (Wildman–Crippen LogP) is 2.05. The molecule has 0 unspecified atom stereocenters. The largest absolute Gasteiger partial charge is 0.339 e. The Bertz CT molecular complexity index is 689. The lowest BCUT2D eigenvalue weighted by Gasteiger charge is -2.40. The summed E-state index contributed by atoms with van der Waals surface area (Å²) in [4.78, 5) is 29.2. The summed E-state index contributed by atoms with van der Waals surface area (Å²) < 4.78 is 0. The molecule has 1 heterocycles. The van der Waals surface area contributed by atoms with Crippen LogP contribution in [0.25, 0.3) is 0 Å². The Morgan fingerprint density at radius 3 is 2.41 bits per heavy atom. The second-order valence-corrected chi connectivity index (χ2v) is 8.08. The monoisotopic (exact) mass is 372 g/mol. The van der Waals surface area contributed by atoms with Crippen LogP contribution in [-0.2, 0) is 9.59 Å². The highest BCUT2D eigenvalue weighted by atomic mass is 16.2. The van der Waals surface area contributed by atoms with Gasteiger partial charge >= 0.3 is 0 Å². The molecule has 6 nitrogen and oxygen atoms in total. The van der Waals surface area contributed by atoms with Gasteiger partial charge < -0.3 is 16.0 Å². The first-order chi connectivity index (χ1) is 12.9. The standard InChI is InChI=1S/C21H32N4O2/c1-16-7-6-8-18(17(16)2)23-19(26)15-24-11-13-25(14-12-24)20(27)21(22)9-4-3-5-10-21/h6-8H,3-5,9-15,22H2,1-2H3,(H,23,26). The lowest BCUT2D eigenvalue weighted by Crippen LogP contribution is -2.60. The maximum absolute atomic E-state index is 12.8. The molecule has 6 heteroatoms. The Morgan fingerprint density at radius 1 is 1.07 bits per heavy atom. The van der Waals surface area contributed by atoms with E-state index in [0.717, 1.165) is 36.9 Å². The van der Waals surface area contributed by atoms with Crippen molar-refractivity contribution in [2.45, 2.75) is 51.5 Å². The maximum atomic E-state index is 12.8. The molecule has 0 radical (unpaired) electrons. The molecule has 2 fully saturated rings. The zero-order valence-electron chi connectivity index (χ0n) is 16.6. The van der Waals surface area contributed by atoms with Crippen LogP contribution in [-0.4, -0.2) is 59.9 Å². The number of hydrogen-bond acceptors (Lipinski definition) is 4. The van der Waals surface area contributed by atoms with Gasteiger partial charge in [0.2, 0.25) is 11.8 Å². The number of nitrogens with two attached hydrogens (primary N) is 1. The lowest BCUT2D eigenvalue weighted by atomic mass is 9.81. The molecular weight excluding hydrogens is 340 g/mol. The highest BCUT2D eigenvalue weighted by molar-refractivity contribution is 5.93. The SMILES string of the molecule is Cc1cccc(NC(=O)CN2CCN(C(=O)C3(N)CCCCC3)CC2)c1C. The molecule has 3 N–H and O–H groups in total. The van der Waals surface area contributed by atoms with E-state index in [9.17, 15) is 9.59 Å². The van der Waals surface area contributed by atoms with Gasteiger partial charge in [-0.3, -0.25) is 14.5 Å². The topological polar surface area (TPSA) is 78.7 Å². The van der Waals surface area contributed by atoms with Crippen molar-refractivity contribution in [3.05, 3.63) is 29.3 Å². The normalized spacial score (nSPS) is 20.3. The van der Waals surface area contributed by atoms with E-state index in [0.29, 0.717) is 32.7 Å². The summed E-state index contributed by atoms with van der Waals surface area (Å²) >= 11 is 0. The second-order valence-electron chi connectivity index (χ2n) is 8.08. The minimum absolute atomic E-state index is 0.00829. The highest BCUT2D eigenvalue weighted by Crippen LogP contribution is 2.28. The zero-order valence-corrected chi connectivity index (χ0v) is 16.6. The molecule has 2 amide bonds. The van der Waals surface area contributed by atoms with E-state index in [2.05, 4.69) is 10.2 Å². The first-order valence-corrected chi connectivity index (χ1v) is 10.1. The van der Waals surface area contributed by atoms with E-state index in [1.807, 2.05) is 36.9 Å². The predicted molar refractivity (Wildman–Crippen MR) is 108 cm³/mol. The van der Waals surface area contributed by atoms with E-state index in [4.69, 9.17) is 5.73 Å². The summed E-state index contributed by atoms with van der Waals surface area (Å²) in [6, 6.07) is 5.93. The van der Waals surface area contributed by atoms with Gasteiger partial charge in [-0.2, -0.15) is 0 Å². The third-order valence-electron chi connectivity index (χ3n) is 6.08. The minimum Gasteiger partial charge on any atom is -0.339 e. The van der Waals surface area contributed by atoms with Crippen LogP contribution in [0.5, 0.6) is 0 Å². The Hall–Kier alpha value is -1.92. The summed E-state index contributed by atoms with van der Waals surface area (Å²) in [7, 11) is 0. The van der Waals surface area contributed by atoms with Crippen LogP contribution in [0.1, 0.15) is 43.2 Å². The van der Waals surface area contributed by atoms with Crippen molar-refractivity contribution in [2.75, 3.05) is 38.0 Å². The van der Waals surface area contributed by atoms with E-state index >= 15 is 0 Å². The number of amides is 2. The minimum atomic E-state index is -0.666. The van der Waals surface area contributed by atoms with E-state index in [1.54, 1.807) is 0 Å². The first-order valence-electron chi connectivity index (χ1n) is 10.1. The Labute approximate surface area is 162 Å².